The Morgan fingerprint density at radius 2 is 2.29 bits per heavy atom. The van der Waals surface area contributed by atoms with Crippen molar-refractivity contribution < 1.29 is 0 Å². The van der Waals surface area contributed by atoms with Crippen LogP contribution in [0.2, 0.25) is 0 Å². The fourth-order valence-corrected chi connectivity index (χ4v) is 3.31. The van der Waals surface area contributed by atoms with Gasteiger partial charge in [0.25, 0.3) is 0 Å². The Morgan fingerprint density at radius 3 is 2.82 bits per heavy atom. The maximum Gasteiger partial charge on any atom is 0.185 e. The summed E-state index contributed by atoms with van der Waals surface area (Å²) >= 11 is 1.83. The summed E-state index contributed by atoms with van der Waals surface area (Å²) in [5.41, 5.74) is 1.19. The van der Waals surface area contributed by atoms with Gasteiger partial charge in [-0.05, 0) is 52.6 Å². The monoisotopic (exact) mass is 253 g/mol. The molecule has 4 heteroatoms. The molecule has 0 aliphatic carbocycles. The molecule has 1 aliphatic heterocycles. The normalized spacial score (nSPS) is 20.5. The second-order valence-corrected chi connectivity index (χ2v) is 6.07. The molecule has 2 heterocycles. The zero-order valence-corrected chi connectivity index (χ0v) is 11.9. The first-order chi connectivity index (χ1) is 8.20. The smallest absolute Gasteiger partial charge is 0.185 e. The van der Waals surface area contributed by atoms with E-state index in [9.17, 15) is 0 Å². The van der Waals surface area contributed by atoms with E-state index in [1.807, 2.05) is 11.3 Å². The van der Waals surface area contributed by atoms with Gasteiger partial charge in [-0.15, -0.1) is 11.3 Å². The number of nitrogens with one attached hydrogen (secondary N) is 1. The van der Waals surface area contributed by atoms with E-state index in [0.717, 1.165) is 19.0 Å². The van der Waals surface area contributed by atoms with Crippen LogP contribution in [0.5, 0.6) is 0 Å². The molecule has 1 aliphatic rings. The van der Waals surface area contributed by atoms with Crippen molar-refractivity contribution in [3.8, 4) is 0 Å². The van der Waals surface area contributed by atoms with Gasteiger partial charge in [-0.25, -0.2) is 4.98 Å². The lowest BCUT2D eigenvalue weighted by molar-refractivity contribution is 0.378. The van der Waals surface area contributed by atoms with Gasteiger partial charge in [0.05, 0.1) is 5.69 Å². The van der Waals surface area contributed by atoms with Crippen molar-refractivity contribution in [2.45, 2.75) is 33.6 Å². The average molecular weight is 253 g/mol. The molecule has 0 spiro atoms. The van der Waals surface area contributed by atoms with Gasteiger partial charge >= 0.3 is 0 Å². The quantitative estimate of drug-likeness (QED) is 0.894. The molecule has 2 rings (SSSR count). The summed E-state index contributed by atoms with van der Waals surface area (Å²) in [5, 5.41) is 4.69. The highest BCUT2D eigenvalue weighted by Gasteiger charge is 2.18. The molecule has 1 aromatic rings. The van der Waals surface area contributed by atoms with Crippen molar-refractivity contribution in [1.29, 1.82) is 0 Å². The number of piperidine rings is 1. The molecule has 3 nitrogen and oxygen atoms in total. The lowest BCUT2D eigenvalue weighted by Gasteiger charge is -2.29. The van der Waals surface area contributed by atoms with E-state index in [-0.39, 0.29) is 0 Å². The molecular weight excluding hydrogens is 230 g/mol. The molecule has 1 N–H and O–H groups in total. The van der Waals surface area contributed by atoms with Crippen LogP contribution in [0, 0.1) is 19.8 Å². The van der Waals surface area contributed by atoms with Crippen LogP contribution >= 0.6 is 11.3 Å². The van der Waals surface area contributed by atoms with Gasteiger partial charge < -0.3 is 10.2 Å². The van der Waals surface area contributed by atoms with Crippen LogP contribution in [-0.2, 0) is 0 Å². The van der Waals surface area contributed by atoms with E-state index in [1.165, 1.54) is 41.6 Å². The molecule has 1 unspecified atom stereocenters. The average Bonchev–Trinajstić information content (AvgIpc) is 2.68. The topological polar surface area (TPSA) is 28.2 Å². The minimum absolute atomic E-state index is 0.785. The van der Waals surface area contributed by atoms with Gasteiger partial charge in [0.1, 0.15) is 0 Å². The highest BCUT2D eigenvalue weighted by atomic mass is 32.1. The zero-order chi connectivity index (χ0) is 12.3. The maximum absolute atomic E-state index is 4.67. The molecule has 1 fully saturated rings. The Bertz CT molecular complexity index is 336. The third-order valence-electron chi connectivity index (χ3n) is 3.55. The Hall–Kier alpha value is -0.610. The Balaban J connectivity index is 2.00. The third-order valence-corrected chi connectivity index (χ3v) is 4.68. The van der Waals surface area contributed by atoms with Crippen LogP contribution in [0.1, 0.15) is 30.3 Å². The van der Waals surface area contributed by atoms with Gasteiger partial charge in [-0.1, -0.05) is 0 Å². The van der Waals surface area contributed by atoms with Crippen LogP contribution < -0.4 is 10.2 Å². The number of aromatic nitrogens is 1. The first-order valence-corrected chi connectivity index (χ1v) is 7.42. The second kappa shape index (κ2) is 5.83. The van der Waals surface area contributed by atoms with Gasteiger partial charge in [-0.2, -0.15) is 0 Å². The zero-order valence-electron chi connectivity index (χ0n) is 11.1. The molecule has 0 aromatic carbocycles. The maximum atomic E-state index is 4.67. The van der Waals surface area contributed by atoms with E-state index < -0.39 is 0 Å². The van der Waals surface area contributed by atoms with E-state index >= 15 is 0 Å². The number of nitrogens with zero attached hydrogens (tertiary/aromatic N) is 2. The SMILES string of the molecule is CCN(CC1CCCNC1)c1nc(C)c(C)s1. The summed E-state index contributed by atoms with van der Waals surface area (Å²) in [5.74, 6) is 0.785. The highest BCUT2D eigenvalue weighted by Crippen LogP contribution is 2.26. The lowest BCUT2D eigenvalue weighted by atomic mass is 9.99. The molecule has 0 radical (unpaired) electrons. The number of anilines is 1. The van der Waals surface area contributed by atoms with Crippen LogP contribution in [0.3, 0.4) is 0 Å². The number of hydrogen-bond donors (Lipinski definition) is 1. The first kappa shape index (κ1) is 12.8. The standard InChI is InChI=1S/C13H23N3S/c1-4-16(9-12-6-5-7-14-8-12)13-15-10(2)11(3)17-13/h12,14H,4-9H2,1-3H3. The number of rotatable bonds is 4. The van der Waals surface area contributed by atoms with E-state index in [2.05, 4.69) is 36.0 Å². The summed E-state index contributed by atoms with van der Waals surface area (Å²) < 4.78 is 0. The molecule has 17 heavy (non-hydrogen) atoms. The Labute approximate surface area is 108 Å². The molecule has 96 valence electrons. The van der Waals surface area contributed by atoms with Crippen molar-refractivity contribution >= 4 is 16.5 Å². The van der Waals surface area contributed by atoms with Crippen LogP contribution in [0.15, 0.2) is 0 Å². The summed E-state index contributed by atoms with van der Waals surface area (Å²) in [4.78, 5) is 8.45. The third kappa shape index (κ3) is 3.19. The van der Waals surface area contributed by atoms with Crippen molar-refractivity contribution in [3.63, 3.8) is 0 Å². The Morgan fingerprint density at radius 1 is 1.47 bits per heavy atom. The van der Waals surface area contributed by atoms with Crippen LogP contribution in [-0.4, -0.2) is 31.2 Å². The molecule has 0 bridgehead atoms. The number of aryl methyl sites for hydroxylation is 2. The number of thiazole rings is 1. The summed E-state index contributed by atoms with van der Waals surface area (Å²) in [6.07, 6.45) is 2.67. The Kier molecular flexibility index (Phi) is 4.40. The van der Waals surface area contributed by atoms with Gasteiger partial charge in [-0.3, -0.25) is 0 Å². The van der Waals surface area contributed by atoms with Crippen molar-refractivity contribution in [3.05, 3.63) is 10.6 Å². The van der Waals surface area contributed by atoms with Gasteiger partial charge in [0.15, 0.2) is 5.13 Å². The predicted molar refractivity (Wildman–Crippen MR) is 75.1 cm³/mol. The number of hydrogen-bond acceptors (Lipinski definition) is 4. The summed E-state index contributed by atoms with van der Waals surface area (Å²) in [6.45, 7) is 11.1. The predicted octanol–water partition coefficient (Wildman–Crippen LogP) is 2.59. The fourth-order valence-electron chi connectivity index (χ4n) is 2.33. The van der Waals surface area contributed by atoms with E-state index in [1.54, 1.807) is 0 Å². The van der Waals surface area contributed by atoms with Crippen LogP contribution in [0.25, 0.3) is 0 Å². The lowest BCUT2D eigenvalue weighted by Crippen LogP contribution is -2.38. The first-order valence-electron chi connectivity index (χ1n) is 6.60. The van der Waals surface area contributed by atoms with E-state index in [0.29, 0.717) is 0 Å². The molecule has 0 amide bonds. The minimum Gasteiger partial charge on any atom is -0.348 e. The molecule has 1 saturated heterocycles. The molecule has 1 atom stereocenters. The largest absolute Gasteiger partial charge is 0.348 e. The molecule has 0 saturated carbocycles. The summed E-state index contributed by atoms with van der Waals surface area (Å²) in [7, 11) is 0. The van der Waals surface area contributed by atoms with Crippen LogP contribution in [0.4, 0.5) is 5.13 Å². The highest BCUT2D eigenvalue weighted by molar-refractivity contribution is 7.15. The second-order valence-electron chi connectivity index (χ2n) is 4.89. The fraction of sp³-hybridized carbons (Fsp3) is 0.769. The van der Waals surface area contributed by atoms with E-state index in [4.69, 9.17) is 0 Å². The molecular formula is C13H23N3S. The van der Waals surface area contributed by atoms with Crippen molar-refractivity contribution in [2.75, 3.05) is 31.1 Å². The summed E-state index contributed by atoms with van der Waals surface area (Å²) in [6, 6.07) is 0. The van der Waals surface area contributed by atoms with Crippen molar-refractivity contribution in [1.82, 2.24) is 10.3 Å². The van der Waals surface area contributed by atoms with Crippen molar-refractivity contribution in [2.24, 2.45) is 5.92 Å². The minimum atomic E-state index is 0.785. The van der Waals surface area contributed by atoms with Gasteiger partial charge in [0.2, 0.25) is 0 Å². The molecule has 1 aromatic heterocycles. The van der Waals surface area contributed by atoms with Gasteiger partial charge in [0, 0.05) is 18.0 Å².